The van der Waals surface area contributed by atoms with E-state index >= 15 is 0 Å². The monoisotopic (exact) mass is 218 g/mol. The molecule has 3 atom stereocenters. The highest BCUT2D eigenvalue weighted by Crippen LogP contribution is 2.63. The van der Waals surface area contributed by atoms with Gasteiger partial charge in [-0.15, -0.1) is 0 Å². The fraction of sp³-hybridized carbons (Fsp3) is 0.385. The van der Waals surface area contributed by atoms with Crippen LogP contribution in [0.25, 0.3) is 0 Å². The summed E-state index contributed by atoms with van der Waals surface area (Å²) < 4.78 is 12.9. The maximum atomic E-state index is 12.9. The number of allylic oxidation sites excluding steroid dienone is 1. The predicted molar refractivity (Wildman–Crippen MR) is 64.0 cm³/mol. The highest BCUT2D eigenvalue weighted by molar-refractivity contribution is 7.75. The second kappa shape index (κ2) is 3.35. The molecule has 3 rings (SSSR count). The number of rotatable bonds is 1. The van der Waals surface area contributed by atoms with Crippen molar-refractivity contribution in [1.82, 2.24) is 0 Å². The van der Waals surface area contributed by atoms with Crippen LogP contribution in [0.4, 0.5) is 0 Å². The molecule has 1 aromatic rings. The van der Waals surface area contributed by atoms with E-state index in [9.17, 15) is 4.57 Å². The summed E-state index contributed by atoms with van der Waals surface area (Å²) in [6, 6.07) is 10.0. The number of hydrogen-bond donors (Lipinski definition) is 0. The lowest BCUT2D eigenvalue weighted by Gasteiger charge is -2.19. The van der Waals surface area contributed by atoms with Gasteiger partial charge in [0.25, 0.3) is 0 Å². The minimum atomic E-state index is -2.21. The molecule has 1 nitrogen and oxygen atoms in total. The molecule has 3 unspecified atom stereocenters. The topological polar surface area (TPSA) is 17.1 Å². The van der Waals surface area contributed by atoms with Crippen molar-refractivity contribution in [1.29, 1.82) is 0 Å². The standard InChI is InChI=1S/C13H15OP/c14-15(12-6-2-1-3-7-12)10-9-11-5-4-8-13(11)15/h1-3,6-7,9-11,13H,4-5,8H2. The van der Waals surface area contributed by atoms with Crippen LogP contribution < -0.4 is 5.30 Å². The summed E-state index contributed by atoms with van der Waals surface area (Å²) in [4.78, 5) is 0. The first-order valence-electron chi connectivity index (χ1n) is 5.65. The molecule has 1 aromatic carbocycles. The summed E-state index contributed by atoms with van der Waals surface area (Å²) in [5.74, 6) is 2.60. The summed E-state index contributed by atoms with van der Waals surface area (Å²) in [5, 5.41) is 1.05. The van der Waals surface area contributed by atoms with E-state index in [1.165, 1.54) is 12.8 Å². The molecule has 0 N–H and O–H groups in total. The van der Waals surface area contributed by atoms with Gasteiger partial charge in [0, 0.05) is 11.0 Å². The summed E-state index contributed by atoms with van der Waals surface area (Å²) in [5.41, 5.74) is 0.417. The summed E-state index contributed by atoms with van der Waals surface area (Å²) in [7, 11) is -2.21. The highest BCUT2D eigenvalue weighted by Gasteiger charge is 2.43. The van der Waals surface area contributed by atoms with Crippen molar-refractivity contribution in [2.45, 2.75) is 24.9 Å². The maximum Gasteiger partial charge on any atom is 0.139 e. The smallest absolute Gasteiger partial charge is 0.139 e. The van der Waals surface area contributed by atoms with Gasteiger partial charge in [0.1, 0.15) is 7.14 Å². The molecule has 1 fully saturated rings. The Bertz CT molecular complexity index is 435. The molecule has 2 aliphatic rings. The van der Waals surface area contributed by atoms with Crippen molar-refractivity contribution in [2.75, 3.05) is 0 Å². The van der Waals surface area contributed by atoms with Crippen LogP contribution in [0.5, 0.6) is 0 Å². The molecule has 0 spiro atoms. The van der Waals surface area contributed by atoms with E-state index in [0.717, 1.165) is 11.7 Å². The van der Waals surface area contributed by atoms with Crippen molar-refractivity contribution >= 4 is 12.4 Å². The molecule has 0 aromatic heterocycles. The molecular formula is C13H15OP. The van der Waals surface area contributed by atoms with E-state index in [-0.39, 0.29) is 0 Å². The van der Waals surface area contributed by atoms with E-state index in [1.807, 2.05) is 36.1 Å². The van der Waals surface area contributed by atoms with Crippen LogP contribution in [-0.4, -0.2) is 5.66 Å². The van der Waals surface area contributed by atoms with Gasteiger partial charge in [0.15, 0.2) is 0 Å². The van der Waals surface area contributed by atoms with Crippen LogP contribution in [-0.2, 0) is 4.57 Å². The maximum absolute atomic E-state index is 12.9. The lowest BCUT2D eigenvalue weighted by atomic mass is 10.1. The average molecular weight is 218 g/mol. The van der Waals surface area contributed by atoms with Crippen molar-refractivity contribution in [3.63, 3.8) is 0 Å². The van der Waals surface area contributed by atoms with Crippen molar-refractivity contribution < 1.29 is 4.57 Å². The lowest BCUT2D eigenvalue weighted by Crippen LogP contribution is -2.14. The lowest BCUT2D eigenvalue weighted by molar-refractivity contribution is 0.571. The van der Waals surface area contributed by atoms with Gasteiger partial charge < -0.3 is 4.57 Å². The Morgan fingerprint density at radius 2 is 1.93 bits per heavy atom. The molecule has 1 aliphatic heterocycles. The van der Waals surface area contributed by atoms with Crippen LogP contribution >= 0.6 is 7.14 Å². The molecule has 0 amide bonds. The number of benzene rings is 1. The van der Waals surface area contributed by atoms with Gasteiger partial charge in [0.2, 0.25) is 0 Å². The van der Waals surface area contributed by atoms with Gasteiger partial charge in [-0.2, -0.15) is 0 Å². The second-order valence-corrected chi connectivity index (χ2v) is 7.45. The third-order valence-corrected chi connectivity index (χ3v) is 7.09. The van der Waals surface area contributed by atoms with E-state index in [1.54, 1.807) is 0 Å². The van der Waals surface area contributed by atoms with Crippen LogP contribution in [0.2, 0.25) is 0 Å². The van der Waals surface area contributed by atoms with Crippen LogP contribution in [0, 0.1) is 5.92 Å². The first-order chi connectivity index (χ1) is 7.31. The number of hydrogen-bond acceptors (Lipinski definition) is 1. The van der Waals surface area contributed by atoms with Gasteiger partial charge in [-0.25, -0.2) is 0 Å². The van der Waals surface area contributed by atoms with Crippen molar-refractivity contribution in [3.05, 3.63) is 42.2 Å². The third-order valence-electron chi connectivity index (χ3n) is 3.74. The van der Waals surface area contributed by atoms with Gasteiger partial charge in [0.05, 0.1) is 0 Å². The Morgan fingerprint density at radius 1 is 1.13 bits per heavy atom. The van der Waals surface area contributed by atoms with E-state index in [4.69, 9.17) is 0 Å². The van der Waals surface area contributed by atoms with Crippen molar-refractivity contribution in [3.8, 4) is 0 Å². The van der Waals surface area contributed by atoms with Crippen LogP contribution in [0.15, 0.2) is 42.2 Å². The first-order valence-corrected chi connectivity index (χ1v) is 7.49. The SMILES string of the molecule is O=P1(c2ccccc2)C=CC2CCCC21. The zero-order valence-electron chi connectivity index (χ0n) is 8.67. The first kappa shape index (κ1) is 9.42. The molecule has 0 bridgehead atoms. The largest absolute Gasteiger partial charge is 0.314 e. The summed E-state index contributed by atoms with van der Waals surface area (Å²) in [6.07, 6.45) is 5.82. The third kappa shape index (κ3) is 1.33. The summed E-state index contributed by atoms with van der Waals surface area (Å²) >= 11 is 0. The minimum Gasteiger partial charge on any atom is -0.314 e. The second-order valence-electron chi connectivity index (χ2n) is 4.55. The van der Waals surface area contributed by atoms with Gasteiger partial charge in [-0.05, 0) is 24.6 Å². The molecule has 78 valence electrons. The fourth-order valence-corrected chi connectivity index (χ4v) is 6.23. The fourth-order valence-electron chi connectivity index (χ4n) is 2.96. The molecule has 0 saturated heterocycles. The predicted octanol–water partition coefficient (Wildman–Crippen LogP) is 3.37. The van der Waals surface area contributed by atoms with Gasteiger partial charge >= 0.3 is 0 Å². The zero-order valence-corrected chi connectivity index (χ0v) is 9.57. The van der Waals surface area contributed by atoms with Gasteiger partial charge in [-0.1, -0.05) is 42.8 Å². The summed E-state index contributed by atoms with van der Waals surface area (Å²) in [6.45, 7) is 0. The molecule has 2 heteroatoms. The molecular weight excluding hydrogens is 203 g/mol. The highest BCUT2D eigenvalue weighted by atomic mass is 31.2. The normalized spacial score (nSPS) is 38.1. The van der Waals surface area contributed by atoms with E-state index < -0.39 is 7.14 Å². The van der Waals surface area contributed by atoms with Crippen molar-refractivity contribution in [2.24, 2.45) is 5.92 Å². The quantitative estimate of drug-likeness (QED) is 0.660. The Labute approximate surface area is 90.6 Å². The molecule has 1 saturated carbocycles. The number of fused-ring (bicyclic) bond motifs is 1. The molecule has 1 aliphatic carbocycles. The molecule has 0 radical (unpaired) electrons. The average Bonchev–Trinajstić information content (AvgIpc) is 2.85. The Hall–Kier alpha value is -0.810. The Morgan fingerprint density at radius 3 is 2.73 bits per heavy atom. The Balaban J connectivity index is 2.05. The zero-order chi connectivity index (χ0) is 10.3. The van der Waals surface area contributed by atoms with Crippen LogP contribution in [0.1, 0.15) is 19.3 Å². The molecule has 15 heavy (non-hydrogen) atoms. The molecule has 1 heterocycles. The van der Waals surface area contributed by atoms with Crippen LogP contribution in [0.3, 0.4) is 0 Å². The van der Waals surface area contributed by atoms with E-state index in [2.05, 4.69) is 6.08 Å². The van der Waals surface area contributed by atoms with Gasteiger partial charge in [-0.3, -0.25) is 0 Å². The Kier molecular flexibility index (Phi) is 2.10. The van der Waals surface area contributed by atoms with E-state index in [0.29, 0.717) is 11.6 Å². The minimum absolute atomic E-state index is 0.417.